The number of hydrogen-bond acceptors (Lipinski definition) is 4. The second-order valence-corrected chi connectivity index (χ2v) is 7.88. The van der Waals surface area contributed by atoms with E-state index in [-0.39, 0.29) is 11.8 Å². The lowest BCUT2D eigenvalue weighted by molar-refractivity contribution is -0.138. The van der Waals surface area contributed by atoms with Crippen LogP contribution >= 0.6 is 0 Å². The number of hydrogen-bond donors (Lipinski definition) is 1. The Hall–Kier alpha value is -2.24. The number of ether oxygens (including phenoxy) is 2. The minimum atomic E-state index is -0.110. The molecule has 28 heavy (non-hydrogen) atoms. The predicted molar refractivity (Wildman–Crippen MR) is 108 cm³/mol. The SMILES string of the molecule is COc1ccc(C(=O)NCC2CCN(C(=O)C3CCCCC3)CC2)cc1OC. The molecule has 0 unspecified atom stereocenters. The van der Waals surface area contributed by atoms with Gasteiger partial charge < -0.3 is 19.7 Å². The van der Waals surface area contributed by atoms with E-state index in [0.29, 0.717) is 35.4 Å². The van der Waals surface area contributed by atoms with Crippen LogP contribution in [-0.4, -0.2) is 50.6 Å². The fourth-order valence-corrected chi connectivity index (χ4v) is 4.28. The van der Waals surface area contributed by atoms with Gasteiger partial charge >= 0.3 is 0 Å². The molecule has 0 bridgehead atoms. The van der Waals surface area contributed by atoms with Crippen molar-refractivity contribution in [3.63, 3.8) is 0 Å². The van der Waals surface area contributed by atoms with Gasteiger partial charge in [0.2, 0.25) is 5.91 Å². The number of nitrogens with zero attached hydrogens (tertiary/aromatic N) is 1. The highest BCUT2D eigenvalue weighted by Gasteiger charge is 2.29. The van der Waals surface area contributed by atoms with Crippen molar-refractivity contribution in [1.82, 2.24) is 10.2 Å². The van der Waals surface area contributed by atoms with Crippen LogP contribution in [0.2, 0.25) is 0 Å². The number of benzene rings is 1. The Balaban J connectivity index is 1.45. The van der Waals surface area contributed by atoms with Crippen LogP contribution in [0.25, 0.3) is 0 Å². The van der Waals surface area contributed by atoms with Crippen molar-refractivity contribution in [2.45, 2.75) is 44.9 Å². The average molecular weight is 389 g/mol. The number of methoxy groups -OCH3 is 2. The highest BCUT2D eigenvalue weighted by Crippen LogP contribution is 2.28. The van der Waals surface area contributed by atoms with Gasteiger partial charge in [0.05, 0.1) is 14.2 Å². The number of rotatable bonds is 6. The van der Waals surface area contributed by atoms with E-state index < -0.39 is 0 Å². The first kappa shape index (κ1) is 20.5. The molecule has 0 radical (unpaired) electrons. The van der Waals surface area contributed by atoms with E-state index in [9.17, 15) is 9.59 Å². The Labute approximate surface area is 167 Å². The summed E-state index contributed by atoms with van der Waals surface area (Å²) in [7, 11) is 3.13. The number of amides is 2. The zero-order chi connectivity index (χ0) is 19.9. The smallest absolute Gasteiger partial charge is 0.251 e. The molecule has 1 aromatic carbocycles. The minimum Gasteiger partial charge on any atom is -0.493 e. The van der Waals surface area contributed by atoms with Crippen molar-refractivity contribution >= 4 is 11.8 Å². The normalized spacial score (nSPS) is 18.6. The first-order chi connectivity index (χ1) is 13.6. The summed E-state index contributed by atoms with van der Waals surface area (Å²) in [4.78, 5) is 27.2. The van der Waals surface area contributed by atoms with E-state index in [2.05, 4.69) is 5.32 Å². The second-order valence-electron chi connectivity index (χ2n) is 7.88. The van der Waals surface area contributed by atoms with Crippen molar-refractivity contribution < 1.29 is 19.1 Å². The molecule has 1 aliphatic heterocycles. The van der Waals surface area contributed by atoms with Crippen LogP contribution in [0.4, 0.5) is 0 Å². The molecule has 6 nitrogen and oxygen atoms in total. The molecule has 0 atom stereocenters. The van der Waals surface area contributed by atoms with Crippen molar-refractivity contribution in [1.29, 1.82) is 0 Å². The van der Waals surface area contributed by atoms with E-state index >= 15 is 0 Å². The number of likely N-dealkylation sites (tertiary alicyclic amines) is 1. The van der Waals surface area contributed by atoms with Gasteiger partial charge in [0.1, 0.15) is 0 Å². The Morgan fingerprint density at radius 2 is 1.68 bits per heavy atom. The molecule has 2 aliphatic rings. The summed E-state index contributed by atoms with van der Waals surface area (Å²) in [6.45, 7) is 2.26. The molecule has 1 saturated carbocycles. The van der Waals surface area contributed by atoms with Crippen LogP contribution in [0.5, 0.6) is 11.5 Å². The van der Waals surface area contributed by atoms with E-state index in [0.717, 1.165) is 38.8 Å². The summed E-state index contributed by atoms with van der Waals surface area (Å²) in [5.41, 5.74) is 0.558. The quantitative estimate of drug-likeness (QED) is 0.812. The summed E-state index contributed by atoms with van der Waals surface area (Å²) in [6, 6.07) is 5.17. The van der Waals surface area contributed by atoms with Crippen molar-refractivity contribution in [3.05, 3.63) is 23.8 Å². The van der Waals surface area contributed by atoms with Gasteiger partial charge in [-0.3, -0.25) is 9.59 Å². The van der Waals surface area contributed by atoms with Crippen LogP contribution in [-0.2, 0) is 4.79 Å². The predicted octanol–water partition coefficient (Wildman–Crippen LogP) is 3.25. The standard InChI is InChI=1S/C22H32N2O4/c1-27-19-9-8-18(14-20(19)28-2)21(25)23-15-16-10-12-24(13-11-16)22(26)17-6-4-3-5-7-17/h8-9,14,16-17H,3-7,10-13,15H2,1-2H3,(H,23,25). The van der Waals surface area contributed by atoms with Gasteiger partial charge in [-0.05, 0) is 49.8 Å². The maximum Gasteiger partial charge on any atom is 0.251 e. The molecule has 0 spiro atoms. The zero-order valence-corrected chi connectivity index (χ0v) is 17.0. The highest BCUT2D eigenvalue weighted by molar-refractivity contribution is 5.94. The highest BCUT2D eigenvalue weighted by atomic mass is 16.5. The summed E-state index contributed by atoms with van der Waals surface area (Å²) in [5.74, 6) is 2.06. The topological polar surface area (TPSA) is 67.9 Å². The van der Waals surface area contributed by atoms with E-state index in [1.54, 1.807) is 32.4 Å². The monoisotopic (exact) mass is 388 g/mol. The average Bonchev–Trinajstić information content (AvgIpc) is 2.77. The van der Waals surface area contributed by atoms with Crippen LogP contribution < -0.4 is 14.8 Å². The molecule has 6 heteroatoms. The maximum absolute atomic E-state index is 12.7. The second kappa shape index (κ2) is 9.80. The number of carbonyl (C=O) groups excluding carboxylic acids is 2. The molecule has 1 aromatic rings. The third-order valence-electron chi connectivity index (χ3n) is 6.08. The fraction of sp³-hybridized carbons (Fsp3) is 0.636. The van der Waals surface area contributed by atoms with Gasteiger partial charge in [-0.1, -0.05) is 19.3 Å². The van der Waals surface area contributed by atoms with Gasteiger partial charge in [-0.15, -0.1) is 0 Å². The number of nitrogens with one attached hydrogen (secondary N) is 1. The van der Waals surface area contributed by atoms with Crippen molar-refractivity contribution in [2.75, 3.05) is 33.9 Å². The largest absolute Gasteiger partial charge is 0.493 e. The van der Waals surface area contributed by atoms with Gasteiger partial charge in [0, 0.05) is 31.1 Å². The Morgan fingerprint density at radius 1 is 1.00 bits per heavy atom. The van der Waals surface area contributed by atoms with Crippen LogP contribution in [0.3, 0.4) is 0 Å². The first-order valence-electron chi connectivity index (χ1n) is 10.4. The molecule has 1 N–H and O–H groups in total. The van der Waals surface area contributed by atoms with E-state index in [1.807, 2.05) is 4.90 Å². The molecule has 3 rings (SSSR count). The minimum absolute atomic E-state index is 0.110. The fourth-order valence-electron chi connectivity index (χ4n) is 4.28. The summed E-state index contributed by atoms with van der Waals surface area (Å²) < 4.78 is 10.5. The summed E-state index contributed by atoms with van der Waals surface area (Å²) in [5, 5.41) is 3.03. The van der Waals surface area contributed by atoms with Crippen molar-refractivity contribution in [2.24, 2.45) is 11.8 Å². The summed E-state index contributed by atoms with van der Waals surface area (Å²) in [6.07, 6.45) is 7.66. The van der Waals surface area contributed by atoms with E-state index in [1.165, 1.54) is 19.3 Å². The summed E-state index contributed by atoms with van der Waals surface area (Å²) >= 11 is 0. The lowest BCUT2D eigenvalue weighted by Crippen LogP contribution is -2.44. The van der Waals surface area contributed by atoms with Crippen LogP contribution in [0.1, 0.15) is 55.3 Å². The maximum atomic E-state index is 12.7. The zero-order valence-electron chi connectivity index (χ0n) is 17.0. The van der Waals surface area contributed by atoms with Crippen LogP contribution in [0, 0.1) is 11.8 Å². The van der Waals surface area contributed by atoms with Gasteiger partial charge in [0.25, 0.3) is 5.91 Å². The molecule has 1 aliphatic carbocycles. The Morgan fingerprint density at radius 3 is 2.32 bits per heavy atom. The van der Waals surface area contributed by atoms with Gasteiger partial charge in [-0.2, -0.15) is 0 Å². The molecule has 0 aromatic heterocycles. The first-order valence-corrected chi connectivity index (χ1v) is 10.4. The van der Waals surface area contributed by atoms with Crippen molar-refractivity contribution in [3.8, 4) is 11.5 Å². The van der Waals surface area contributed by atoms with Gasteiger partial charge in [0.15, 0.2) is 11.5 Å². The molecule has 2 amide bonds. The molecule has 1 heterocycles. The van der Waals surface area contributed by atoms with E-state index in [4.69, 9.17) is 9.47 Å². The third-order valence-corrected chi connectivity index (χ3v) is 6.08. The lowest BCUT2D eigenvalue weighted by Gasteiger charge is -2.35. The molecule has 2 fully saturated rings. The molecular formula is C22H32N2O4. The number of carbonyl (C=O) groups is 2. The number of piperidine rings is 1. The van der Waals surface area contributed by atoms with Crippen LogP contribution in [0.15, 0.2) is 18.2 Å². The molecule has 1 saturated heterocycles. The molecular weight excluding hydrogens is 356 g/mol. The Bertz CT molecular complexity index is 677. The Kier molecular flexibility index (Phi) is 7.18. The third kappa shape index (κ3) is 4.97. The molecule has 154 valence electrons. The van der Waals surface area contributed by atoms with Gasteiger partial charge in [-0.25, -0.2) is 0 Å². The lowest BCUT2D eigenvalue weighted by atomic mass is 9.87.